The fourth-order valence-electron chi connectivity index (χ4n) is 1.82. The summed E-state index contributed by atoms with van der Waals surface area (Å²) in [5, 5.41) is 22.6. The Kier molecular flexibility index (Phi) is 6.35. The number of nitrogens with one attached hydrogen (secondary N) is 2. The van der Waals surface area contributed by atoms with Gasteiger partial charge in [-0.3, -0.25) is 9.59 Å². The summed E-state index contributed by atoms with van der Waals surface area (Å²) in [4.78, 5) is 33.6. The van der Waals surface area contributed by atoms with E-state index in [0.29, 0.717) is 6.42 Å². The number of carbonyl (C=O) groups excluding carboxylic acids is 1. The van der Waals surface area contributed by atoms with Crippen LogP contribution < -0.4 is 10.6 Å². The molecular formula is C14H18N2O5. The first-order chi connectivity index (χ1) is 9.93. The van der Waals surface area contributed by atoms with E-state index in [2.05, 4.69) is 10.6 Å². The highest BCUT2D eigenvalue weighted by molar-refractivity contribution is 5.89. The van der Waals surface area contributed by atoms with Crippen molar-refractivity contribution in [2.75, 3.05) is 7.05 Å². The summed E-state index contributed by atoms with van der Waals surface area (Å²) in [7, 11) is 1.58. The fourth-order valence-corrected chi connectivity index (χ4v) is 1.82. The molecule has 0 bridgehead atoms. The van der Waals surface area contributed by atoms with Crippen LogP contribution >= 0.6 is 0 Å². The lowest BCUT2D eigenvalue weighted by molar-refractivity contribution is -0.147. The van der Waals surface area contributed by atoms with Crippen molar-refractivity contribution >= 4 is 17.8 Å². The van der Waals surface area contributed by atoms with Crippen LogP contribution in [0.25, 0.3) is 0 Å². The largest absolute Gasteiger partial charge is 0.481 e. The number of hydrogen-bond acceptors (Lipinski definition) is 4. The van der Waals surface area contributed by atoms with Gasteiger partial charge in [0.05, 0.1) is 12.5 Å². The summed E-state index contributed by atoms with van der Waals surface area (Å²) in [6.07, 6.45) is -0.286. The summed E-state index contributed by atoms with van der Waals surface area (Å²) >= 11 is 0. The summed E-state index contributed by atoms with van der Waals surface area (Å²) < 4.78 is 0. The molecule has 0 radical (unpaired) electrons. The van der Waals surface area contributed by atoms with Crippen LogP contribution in [0.15, 0.2) is 30.3 Å². The number of carbonyl (C=O) groups is 3. The first kappa shape index (κ1) is 16.6. The van der Waals surface area contributed by atoms with Crippen LogP contribution in [0.5, 0.6) is 0 Å². The minimum absolute atomic E-state index is 0.378. The van der Waals surface area contributed by atoms with Crippen LogP contribution in [-0.4, -0.2) is 47.2 Å². The highest BCUT2D eigenvalue weighted by atomic mass is 16.4. The van der Waals surface area contributed by atoms with Crippen molar-refractivity contribution in [3.8, 4) is 0 Å². The fraction of sp³-hybridized carbons (Fsp3) is 0.357. The number of likely N-dealkylation sites (N-methyl/N-ethyl adjacent to an activating group) is 1. The van der Waals surface area contributed by atoms with E-state index in [9.17, 15) is 14.4 Å². The van der Waals surface area contributed by atoms with Gasteiger partial charge in [-0.25, -0.2) is 4.79 Å². The second-order valence-electron chi connectivity index (χ2n) is 4.53. The van der Waals surface area contributed by atoms with Crippen molar-refractivity contribution in [2.45, 2.75) is 24.9 Å². The SMILES string of the molecule is CN[C@@H](Cc1ccccc1)C(=O)N[C@@H](CC(=O)O)C(=O)O. The third-order valence-corrected chi connectivity index (χ3v) is 2.94. The molecule has 1 rings (SSSR count). The van der Waals surface area contributed by atoms with Crippen molar-refractivity contribution in [3.05, 3.63) is 35.9 Å². The Balaban J connectivity index is 2.69. The topological polar surface area (TPSA) is 116 Å². The van der Waals surface area contributed by atoms with Crippen molar-refractivity contribution in [3.63, 3.8) is 0 Å². The maximum absolute atomic E-state index is 12.0. The maximum Gasteiger partial charge on any atom is 0.326 e. The Morgan fingerprint density at radius 1 is 1.10 bits per heavy atom. The van der Waals surface area contributed by atoms with Crippen molar-refractivity contribution in [1.82, 2.24) is 10.6 Å². The molecule has 1 aromatic rings. The number of aliphatic carboxylic acids is 2. The molecule has 7 heteroatoms. The number of hydrogen-bond donors (Lipinski definition) is 4. The normalized spacial score (nSPS) is 13.2. The highest BCUT2D eigenvalue weighted by Crippen LogP contribution is 2.04. The first-order valence-electron chi connectivity index (χ1n) is 6.40. The number of carboxylic acid groups (broad SMARTS) is 2. The summed E-state index contributed by atoms with van der Waals surface area (Å²) in [6.45, 7) is 0. The van der Waals surface area contributed by atoms with Gasteiger partial charge in [-0.15, -0.1) is 0 Å². The van der Waals surface area contributed by atoms with E-state index in [1.807, 2.05) is 30.3 Å². The predicted octanol–water partition coefficient (Wildman–Crippen LogP) is -0.139. The maximum atomic E-state index is 12.0. The lowest BCUT2D eigenvalue weighted by atomic mass is 10.0. The van der Waals surface area contributed by atoms with Gasteiger partial charge in [0.25, 0.3) is 0 Å². The minimum atomic E-state index is -1.44. The van der Waals surface area contributed by atoms with E-state index in [1.165, 1.54) is 0 Å². The smallest absolute Gasteiger partial charge is 0.326 e. The Bertz CT molecular complexity index is 503. The van der Waals surface area contributed by atoms with Gasteiger partial charge in [0.2, 0.25) is 5.91 Å². The number of amides is 1. The zero-order chi connectivity index (χ0) is 15.8. The standard InChI is InChI=1S/C14H18N2O5/c1-15-10(7-9-5-3-2-4-6-9)13(19)16-11(14(20)21)8-12(17)18/h2-6,10-11,15H,7-8H2,1H3,(H,16,19)(H,17,18)(H,20,21)/t10-,11-/m0/s1. The van der Waals surface area contributed by atoms with Gasteiger partial charge in [-0.2, -0.15) is 0 Å². The number of rotatable bonds is 8. The molecule has 4 N–H and O–H groups in total. The highest BCUT2D eigenvalue weighted by Gasteiger charge is 2.26. The molecule has 2 atom stereocenters. The lowest BCUT2D eigenvalue weighted by Crippen LogP contribution is -2.50. The molecule has 0 aromatic heterocycles. The van der Waals surface area contributed by atoms with Gasteiger partial charge in [-0.1, -0.05) is 30.3 Å². The molecule has 0 saturated heterocycles. The lowest BCUT2D eigenvalue weighted by Gasteiger charge is -2.19. The average molecular weight is 294 g/mol. The molecule has 0 aliphatic rings. The molecule has 0 aliphatic heterocycles. The van der Waals surface area contributed by atoms with Crippen molar-refractivity contribution in [2.24, 2.45) is 0 Å². The molecule has 0 saturated carbocycles. The molecule has 21 heavy (non-hydrogen) atoms. The monoisotopic (exact) mass is 294 g/mol. The molecular weight excluding hydrogens is 276 g/mol. The molecule has 7 nitrogen and oxygen atoms in total. The number of benzene rings is 1. The van der Waals surface area contributed by atoms with E-state index in [0.717, 1.165) is 5.56 Å². The minimum Gasteiger partial charge on any atom is -0.481 e. The first-order valence-corrected chi connectivity index (χ1v) is 6.40. The van der Waals surface area contributed by atoms with Crippen molar-refractivity contribution < 1.29 is 24.6 Å². The van der Waals surface area contributed by atoms with E-state index in [1.54, 1.807) is 7.05 Å². The Labute approximate surface area is 122 Å². The van der Waals surface area contributed by atoms with Crippen LogP contribution in [0.2, 0.25) is 0 Å². The van der Waals surface area contributed by atoms with Gasteiger partial charge in [-0.05, 0) is 19.0 Å². The molecule has 0 fully saturated rings. The summed E-state index contributed by atoms with van der Waals surface area (Å²) in [5.74, 6) is -3.21. The van der Waals surface area contributed by atoms with Gasteiger partial charge >= 0.3 is 11.9 Å². The van der Waals surface area contributed by atoms with Crippen LogP contribution in [0.3, 0.4) is 0 Å². The zero-order valence-electron chi connectivity index (χ0n) is 11.6. The predicted molar refractivity (Wildman–Crippen MR) is 74.8 cm³/mol. The summed E-state index contributed by atoms with van der Waals surface area (Å²) in [5.41, 5.74) is 0.914. The Morgan fingerprint density at radius 3 is 2.19 bits per heavy atom. The van der Waals surface area contributed by atoms with E-state index >= 15 is 0 Å². The van der Waals surface area contributed by atoms with E-state index in [-0.39, 0.29) is 0 Å². The quantitative estimate of drug-likeness (QED) is 0.530. The van der Waals surface area contributed by atoms with Gasteiger partial charge in [0.1, 0.15) is 6.04 Å². The van der Waals surface area contributed by atoms with Crippen LogP contribution in [0.1, 0.15) is 12.0 Å². The second-order valence-corrected chi connectivity index (χ2v) is 4.53. The average Bonchev–Trinajstić information content (AvgIpc) is 2.44. The van der Waals surface area contributed by atoms with Crippen molar-refractivity contribution in [1.29, 1.82) is 0 Å². The molecule has 0 unspecified atom stereocenters. The van der Waals surface area contributed by atoms with E-state index < -0.39 is 36.4 Å². The second kappa shape index (κ2) is 8.01. The molecule has 114 valence electrons. The van der Waals surface area contributed by atoms with Gasteiger partial charge in [0, 0.05) is 0 Å². The Hall–Kier alpha value is -2.41. The number of carboxylic acids is 2. The third-order valence-electron chi connectivity index (χ3n) is 2.94. The molecule has 1 amide bonds. The summed E-state index contributed by atoms with van der Waals surface area (Å²) in [6, 6.07) is 7.15. The van der Waals surface area contributed by atoms with Gasteiger partial charge in [0.15, 0.2) is 0 Å². The van der Waals surface area contributed by atoms with Crippen LogP contribution in [-0.2, 0) is 20.8 Å². The van der Waals surface area contributed by atoms with Gasteiger partial charge < -0.3 is 20.8 Å². The van der Waals surface area contributed by atoms with E-state index in [4.69, 9.17) is 10.2 Å². The molecule has 0 aliphatic carbocycles. The van der Waals surface area contributed by atoms with Crippen LogP contribution in [0, 0.1) is 0 Å². The zero-order valence-corrected chi connectivity index (χ0v) is 11.6. The molecule has 1 aromatic carbocycles. The molecule has 0 spiro atoms. The molecule has 0 heterocycles. The Morgan fingerprint density at radius 2 is 1.71 bits per heavy atom. The van der Waals surface area contributed by atoms with Crippen LogP contribution in [0.4, 0.5) is 0 Å². The third kappa shape index (κ3) is 5.62.